The van der Waals surface area contributed by atoms with E-state index in [0.717, 1.165) is 12.7 Å². The lowest BCUT2D eigenvalue weighted by molar-refractivity contribution is -0.112. The number of carbonyl (C=O) groups excluding carboxylic acids is 1. The SMILES string of the molecule is CC(C=O)C(C)CC(C)(C)C. The molecule has 2 atom stereocenters. The first-order valence-corrected chi connectivity index (χ1v) is 4.32. The molecule has 11 heavy (non-hydrogen) atoms. The minimum Gasteiger partial charge on any atom is -0.303 e. The Balaban J connectivity index is 3.86. The Morgan fingerprint density at radius 3 is 2.00 bits per heavy atom. The Labute approximate surface area is 70.2 Å². The van der Waals surface area contributed by atoms with Gasteiger partial charge in [-0.15, -0.1) is 0 Å². The smallest absolute Gasteiger partial charge is 0.123 e. The molecule has 0 fully saturated rings. The van der Waals surface area contributed by atoms with Gasteiger partial charge in [0.05, 0.1) is 0 Å². The maximum atomic E-state index is 10.4. The van der Waals surface area contributed by atoms with E-state index in [9.17, 15) is 4.79 Å². The molecule has 0 aromatic carbocycles. The van der Waals surface area contributed by atoms with E-state index >= 15 is 0 Å². The Morgan fingerprint density at radius 1 is 1.27 bits per heavy atom. The minimum absolute atomic E-state index is 0.203. The van der Waals surface area contributed by atoms with Crippen molar-refractivity contribution in [3.05, 3.63) is 0 Å². The molecule has 0 aromatic rings. The zero-order valence-corrected chi connectivity index (χ0v) is 8.35. The number of hydrogen-bond acceptors (Lipinski definition) is 1. The highest BCUT2D eigenvalue weighted by atomic mass is 16.1. The van der Waals surface area contributed by atoms with Crippen LogP contribution in [0.3, 0.4) is 0 Å². The molecule has 66 valence electrons. The fraction of sp³-hybridized carbons (Fsp3) is 0.900. The molecule has 0 bridgehead atoms. The van der Waals surface area contributed by atoms with Crippen LogP contribution >= 0.6 is 0 Å². The van der Waals surface area contributed by atoms with Gasteiger partial charge in [-0.2, -0.15) is 0 Å². The van der Waals surface area contributed by atoms with E-state index in [2.05, 4.69) is 27.7 Å². The quantitative estimate of drug-likeness (QED) is 0.574. The summed E-state index contributed by atoms with van der Waals surface area (Å²) in [7, 11) is 0. The van der Waals surface area contributed by atoms with Crippen LogP contribution in [0.2, 0.25) is 0 Å². The van der Waals surface area contributed by atoms with Gasteiger partial charge in [-0.1, -0.05) is 34.6 Å². The van der Waals surface area contributed by atoms with Crippen LogP contribution in [-0.4, -0.2) is 6.29 Å². The van der Waals surface area contributed by atoms with Gasteiger partial charge in [-0.25, -0.2) is 0 Å². The third kappa shape index (κ3) is 5.00. The molecule has 0 radical (unpaired) electrons. The molecule has 2 unspecified atom stereocenters. The van der Waals surface area contributed by atoms with E-state index < -0.39 is 0 Å². The maximum Gasteiger partial charge on any atom is 0.123 e. The minimum atomic E-state index is 0.203. The number of hydrogen-bond donors (Lipinski definition) is 0. The number of carbonyl (C=O) groups is 1. The van der Waals surface area contributed by atoms with Gasteiger partial charge in [-0.3, -0.25) is 0 Å². The molecule has 0 spiro atoms. The second kappa shape index (κ2) is 3.89. The van der Waals surface area contributed by atoms with E-state index in [4.69, 9.17) is 0 Å². The van der Waals surface area contributed by atoms with Gasteiger partial charge in [0.2, 0.25) is 0 Å². The summed E-state index contributed by atoms with van der Waals surface area (Å²) in [5, 5.41) is 0. The fourth-order valence-electron chi connectivity index (χ4n) is 1.29. The first-order valence-electron chi connectivity index (χ1n) is 4.32. The van der Waals surface area contributed by atoms with Crippen molar-refractivity contribution in [2.75, 3.05) is 0 Å². The molecule has 0 aliphatic heterocycles. The van der Waals surface area contributed by atoms with Crippen LogP contribution in [0, 0.1) is 17.3 Å². The molecule has 0 saturated heterocycles. The highest BCUT2D eigenvalue weighted by molar-refractivity contribution is 5.53. The molecule has 0 aliphatic carbocycles. The van der Waals surface area contributed by atoms with Crippen molar-refractivity contribution in [3.63, 3.8) is 0 Å². The second-order valence-electron chi connectivity index (χ2n) is 4.74. The average molecular weight is 156 g/mol. The third-order valence-electron chi connectivity index (χ3n) is 2.05. The largest absolute Gasteiger partial charge is 0.303 e. The van der Waals surface area contributed by atoms with E-state index in [1.54, 1.807) is 0 Å². The highest BCUT2D eigenvalue weighted by Gasteiger charge is 2.19. The Morgan fingerprint density at radius 2 is 1.73 bits per heavy atom. The normalized spacial score (nSPS) is 17.5. The lowest BCUT2D eigenvalue weighted by Crippen LogP contribution is -2.17. The standard InChI is InChI=1S/C10H20O/c1-8(9(2)7-11)6-10(3,4)5/h7-9H,6H2,1-5H3. The van der Waals surface area contributed by atoms with Crippen LogP contribution in [0.1, 0.15) is 41.0 Å². The van der Waals surface area contributed by atoms with E-state index in [-0.39, 0.29) is 5.92 Å². The maximum absolute atomic E-state index is 10.4. The summed E-state index contributed by atoms with van der Waals surface area (Å²) in [5.41, 5.74) is 0.344. The molecule has 0 amide bonds. The monoisotopic (exact) mass is 156 g/mol. The molecule has 0 aliphatic rings. The summed E-state index contributed by atoms with van der Waals surface area (Å²) < 4.78 is 0. The molecular weight excluding hydrogens is 136 g/mol. The van der Waals surface area contributed by atoms with Crippen LogP contribution in [0.5, 0.6) is 0 Å². The number of rotatable bonds is 3. The molecule has 1 heteroatoms. The number of aldehydes is 1. The molecule has 0 heterocycles. The Kier molecular flexibility index (Phi) is 3.77. The molecule has 0 N–H and O–H groups in total. The predicted molar refractivity (Wildman–Crippen MR) is 48.5 cm³/mol. The zero-order chi connectivity index (χ0) is 9.07. The predicted octanol–water partition coefficient (Wildman–Crippen LogP) is 2.89. The third-order valence-corrected chi connectivity index (χ3v) is 2.05. The van der Waals surface area contributed by atoms with Crippen LogP contribution in [0.4, 0.5) is 0 Å². The lowest BCUT2D eigenvalue weighted by atomic mass is 9.81. The van der Waals surface area contributed by atoms with Gasteiger partial charge in [0.15, 0.2) is 0 Å². The molecule has 0 saturated carbocycles. The molecular formula is C10H20O. The van der Waals surface area contributed by atoms with Crippen molar-refractivity contribution in [1.82, 2.24) is 0 Å². The van der Waals surface area contributed by atoms with E-state index in [0.29, 0.717) is 11.3 Å². The first kappa shape index (κ1) is 10.7. The average Bonchev–Trinajstić information content (AvgIpc) is 1.82. The van der Waals surface area contributed by atoms with E-state index in [1.165, 1.54) is 0 Å². The topological polar surface area (TPSA) is 17.1 Å². The summed E-state index contributed by atoms with van der Waals surface area (Å²) in [4.78, 5) is 10.4. The van der Waals surface area contributed by atoms with Crippen molar-refractivity contribution in [1.29, 1.82) is 0 Å². The molecule has 1 nitrogen and oxygen atoms in total. The highest BCUT2D eigenvalue weighted by Crippen LogP contribution is 2.27. The summed E-state index contributed by atoms with van der Waals surface area (Å²) in [6, 6.07) is 0. The van der Waals surface area contributed by atoms with Crippen molar-refractivity contribution < 1.29 is 4.79 Å². The van der Waals surface area contributed by atoms with Crippen LogP contribution in [-0.2, 0) is 4.79 Å². The van der Waals surface area contributed by atoms with Gasteiger partial charge in [0, 0.05) is 5.92 Å². The van der Waals surface area contributed by atoms with E-state index in [1.807, 2.05) is 6.92 Å². The summed E-state index contributed by atoms with van der Waals surface area (Å²) >= 11 is 0. The Bertz CT molecular complexity index is 121. The van der Waals surface area contributed by atoms with Crippen LogP contribution < -0.4 is 0 Å². The van der Waals surface area contributed by atoms with Gasteiger partial charge < -0.3 is 4.79 Å². The van der Waals surface area contributed by atoms with Gasteiger partial charge >= 0.3 is 0 Å². The summed E-state index contributed by atoms with van der Waals surface area (Å²) in [5.74, 6) is 0.710. The zero-order valence-electron chi connectivity index (χ0n) is 8.35. The van der Waals surface area contributed by atoms with Crippen LogP contribution in [0.25, 0.3) is 0 Å². The Hall–Kier alpha value is -0.330. The van der Waals surface area contributed by atoms with Gasteiger partial charge in [-0.05, 0) is 17.8 Å². The van der Waals surface area contributed by atoms with Crippen molar-refractivity contribution in [3.8, 4) is 0 Å². The van der Waals surface area contributed by atoms with Crippen molar-refractivity contribution >= 4 is 6.29 Å². The van der Waals surface area contributed by atoms with Crippen molar-refractivity contribution in [2.45, 2.75) is 41.0 Å². The lowest BCUT2D eigenvalue weighted by Gasteiger charge is -2.24. The summed E-state index contributed by atoms with van der Waals surface area (Å²) in [6.07, 6.45) is 2.17. The van der Waals surface area contributed by atoms with Crippen molar-refractivity contribution in [2.24, 2.45) is 17.3 Å². The summed E-state index contributed by atoms with van der Waals surface area (Å²) in [6.45, 7) is 10.8. The fourth-order valence-corrected chi connectivity index (χ4v) is 1.29. The van der Waals surface area contributed by atoms with Crippen LogP contribution in [0.15, 0.2) is 0 Å². The van der Waals surface area contributed by atoms with Gasteiger partial charge in [0.25, 0.3) is 0 Å². The second-order valence-corrected chi connectivity index (χ2v) is 4.74. The molecule has 0 rings (SSSR count). The molecule has 0 aromatic heterocycles. The first-order chi connectivity index (χ1) is 4.87. The van der Waals surface area contributed by atoms with Gasteiger partial charge in [0.1, 0.15) is 6.29 Å².